The molecule has 2 aliphatic rings. The summed E-state index contributed by atoms with van der Waals surface area (Å²) in [5.41, 5.74) is 0.984. The molecular weight excluding hydrogens is 330 g/mol. The van der Waals surface area contributed by atoms with Crippen molar-refractivity contribution < 1.29 is 19.7 Å². The SMILES string of the molecule is CC1(C)CC(NC(=O)CCN2C(=O)c3ccccc3C2=O)CC(C)(C)[NH2+]1. The monoisotopic (exact) mass is 358 g/mol. The van der Waals surface area contributed by atoms with Crippen LogP contribution in [0, 0.1) is 0 Å². The molecule has 2 heterocycles. The number of imide groups is 1. The van der Waals surface area contributed by atoms with Crippen LogP contribution >= 0.6 is 0 Å². The lowest BCUT2D eigenvalue weighted by Crippen LogP contribution is -3.06. The van der Waals surface area contributed by atoms with Crippen LogP contribution in [0.2, 0.25) is 0 Å². The van der Waals surface area contributed by atoms with Crippen molar-refractivity contribution in [2.45, 2.75) is 64.1 Å². The van der Waals surface area contributed by atoms with E-state index in [9.17, 15) is 14.4 Å². The highest BCUT2D eigenvalue weighted by Gasteiger charge is 2.42. The number of benzene rings is 1. The van der Waals surface area contributed by atoms with Crippen LogP contribution < -0.4 is 10.6 Å². The molecule has 3 N–H and O–H groups in total. The van der Waals surface area contributed by atoms with E-state index in [1.54, 1.807) is 24.3 Å². The molecule has 1 saturated heterocycles. The summed E-state index contributed by atoms with van der Waals surface area (Å²) in [6.07, 6.45) is 1.93. The molecule has 0 spiro atoms. The van der Waals surface area contributed by atoms with Crippen molar-refractivity contribution in [3.8, 4) is 0 Å². The van der Waals surface area contributed by atoms with Gasteiger partial charge in [0.2, 0.25) is 5.91 Å². The minimum absolute atomic E-state index is 0.0717. The van der Waals surface area contributed by atoms with Crippen LogP contribution in [-0.2, 0) is 4.79 Å². The van der Waals surface area contributed by atoms with Gasteiger partial charge >= 0.3 is 0 Å². The molecule has 3 rings (SSSR count). The van der Waals surface area contributed by atoms with E-state index in [1.165, 1.54) is 4.90 Å². The van der Waals surface area contributed by atoms with Crippen molar-refractivity contribution in [3.05, 3.63) is 35.4 Å². The van der Waals surface area contributed by atoms with Gasteiger partial charge in [-0.2, -0.15) is 0 Å². The fourth-order valence-electron chi connectivity index (χ4n) is 4.58. The zero-order valence-corrected chi connectivity index (χ0v) is 16.0. The summed E-state index contributed by atoms with van der Waals surface area (Å²) in [6.45, 7) is 8.86. The lowest BCUT2D eigenvalue weighted by Gasteiger charge is -2.43. The summed E-state index contributed by atoms with van der Waals surface area (Å²) in [4.78, 5) is 38.3. The molecule has 0 aromatic heterocycles. The van der Waals surface area contributed by atoms with Crippen molar-refractivity contribution in [2.75, 3.05) is 6.54 Å². The van der Waals surface area contributed by atoms with E-state index in [-0.39, 0.29) is 47.8 Å². The number of nitrogens with zero attached hydrogens (tertiary/aromatic N) is 1. The third-order valence-corrected chi connectivity index (χ3v) is 5.13. The number of nitrogens with two attached hydrogens (primary N) is 1. The number of fused-ring (bicyclic) bond motifs is 1. The first-order valence-corrected chi connectivity index (χ1v) is 9.20. The lowest BCUT2D eigenvalue weighted by atomic mass is 9.79. The number of hydrogen-bond acceptors (Lipinski definition) is 3. The van der Waals surface area contributed by atoms with Crippen LogP contribution in [0.4, 0.5) is 0 Å². The average molecular weight is 358 g/mol. The summed E-state index contributed by atoms with van der Waals surface area (Å²) in [6, 6.07) is 6.89. The Balaban J connectivity index is 1.57. The van der Waals surface area contributed by atoms with E-state index in [4.69, 9.17) is 0 Å². The Bertz CT molecular complexity index is 703. The summed E-state index contributed by atoms with van der Waals surface area (Å²) in [5.74, 6) is -0.735. The molecule has 0 saturated carbocycles. The minimum Gasteiger partial charge on any atom is -0.353 e. The van der Waals surface area contributed by atoms with Gasteiger partial charge in [-0.05, 0) is 39.8 Å². The van der Waals surface area contributed by atoms with Gasteiger partial charge < -0.3 is 10.6 Å². The molecule has 1 aromatic rings. The molecule has 26 heavy (non-hydrogen) atoms. The largest absolute Gasteiger partial charge is 0.353 e. The predicted octanol–water partition coefficient (Wildman–Crippen LogP) is 1.07. The number of carbonyl (C=O) groups is 3. The van der Waals surface area contributed by atoms with Crippen molar-refractivity contribution in [3.63, 3.8) is 0 Å². The molecule has 0 bridgehead atoms. The topological polar surface area (TPSA) is 83.1 Å². The molecule has 1 fully saturated rings. The van der Waals surface area contributed by atoms with Crippen LogP contribution in [0.5, 0.6) is 0 Å². The van der Waals surface area contributed by atoms with E-state index in [2.05, 4.69) is 38.3 Å². The number of carbonyl (C=O) groups excluding carboxylic acids is 3. The standard InChI is InChI=1S/C20H27N3O3/c1-19(2)11-13(12-20(3,4)22-19)21-16(24)9-10-23-17(25)14-7-5-6-8-15(14)18(23)26/h5-8,13,22H,9-12H2,1-4H3,(H,21,24)/p+1. The fourth-order valence-corrected chi connectivity index (χ4v) is 4.58. The summed E-state index contributed by atoms with van der Waals surface area (Å²) in [5, 5.41) is 5.46. The normalized spacial score (nSPS) is 21.6. The number of nitrogens with one attached hydrogen (secondary N) is 1. The van der Waals surface area contributed by atoms with Crippen molar-refractivity contribution in [1.82, 2.24) is 10.2 Å². The Labute approximate surface area is 154 Å². The molecule has 2 aliphatic heterocycles. The maximum absolute atomic E-state index is 12.4. The van der Waals surface area contributed by atoms with E-state index >= 15 is 0 Å². The predicted molar refractivity (Wildman–Crippen MR) is 97.7 cm³/mol. The number of quaternary nitrogens is 1. The average Bonchev–Trinajstić information content (AvgIpc) is 2.74. The van der Waals surface area contributed by atoms with Gasteiger partial charge in [0.25, 0.3) is 11.8 Å². The molecule has 1 aromatic carbocycles. The highest BCUT2D eigenvalue weighted by atomic mass is 16.2. The van der Waals surface area contributed by atoms with Gasteiger partial charge in [0.05, 0.1) is 22.2 Å². The van der Waals surface area contributed by atoms with E-state index < -0.39 is 0 Å². The number of rotatable bonds is 4. The second kappa shape index (κ2) is 6.50. The molecule has 0 radical (unpaired) electrons. The third-order valence-electron chi connectivity index (χ3n) is 5.13. The van der Waals surface area contributed by atoms with Gasteiger partial charge in [-0.1, -0.05) is 12.1 Å². The molecule has 0 unspecified atom stereocenters. The molecule has 6 nitrogen and oxygen atoms in total. The first-order chi connectivity index (χ1) is 12.1. The Morgan fingerprint density at radius 1 is 1.08 bits per heavy atom. The summed E-state index contributed by atoms with van der Waals surface area (Å²) >= 11 is 0. The van der Waals surface area contributed by atoms with Crippen LogP contribution in [-0.4, -0.2) is 46.3 Å². The maximum Gasteiger partial charge on any atom is 0.261 e. The smallest absolute Gasteiger partial charge is 0.261 e. The zero-order valence-electron chi connectivity index (χ0n) is 16.0. The Morgan fingerprint density at radius 2 is 1.58 bits per heavy atom. The number of hydrogen-bond donors (Lipinski definition) is 2. The van der Waals surface area contributed by atoms with Crippen LogP contribution in [0.3, 0.4) is 0 Å². The first-order valence-electron chi connectivity index (χ1n) is 9.20. The summed E-state index contributed by atoms with van der Waals surface area (Å²) in [7, 11) is 0. The molecular formula is C20H28N3O3+. The van der Waals surface area contributed by atoms with Gasteiger partial charge in [-0.3, -0.25) is 19.3 Å². The fraction of sp³-hybridized carbons (Fsp3) is 0.550. The second-order valence-corrected chi connectivity index (χ2v) is 8.85. The van der Waals surface area contributed by atoms with Crippen LogP contribution in [0.15, 0.2) is 24.3 Å². The molecule has 3 amide bonds. The van der Waals surface area contributed by atoms with E-state index in [0.29, 0.717) is 11.1 Å². The maximum atomic E-state index is 12.4. The van der Waals surface area contributed by atoms with Gasteiger partial charge in [0.15, 0.2) is 0 Å². The second-order valence-electron chi connectivity index (χ2n) is 8.85. The van der Waals surface area contributed by atoms with Crippen molar-refractivity contribution in [1.29, 1.82) is 0 Å². The highest BCUT2D eigenvalue weighted by Crippen LogP contribution is 2.23. The van der Waals surface area contributed by atoms with Crippen molar-refractivity contribution >= 4 is 17.7 Å². The molecule has 6 heteroatoms. The van der Waals surface area contributed by atoms with Gasteiger partial charge in [0, 0.05) is 31.8 Å². The van der Waals surface area contributed by atoms with Crippen LogP contribution in [0.25, 0.3) is 0 Å². The minimum atomic E-state index is -0.312. The highest BCUT2D eigenvalue weighted by molar-refractivity contribution is 6.21. The first kappa shape index (κ1) is 18.6. The van der Waals surface area contributed by atoms with E-state index in [0.717, 1.165) is 12.8 Å². The quantitative estimate of drug-likeness (QED) is 0.790. The Hall–Kier alpha value is -2.21. The number of amides is 3. The van der Waals surface area contributed by atoms with Crippen molar-refractivity contribution in [2.24, 2.45) is 0 Å². The van der Waals surface area contributed by atoms with Gasteiger partial charge in [-0.15, -0.1) is 0 Å². The number of piperidine rings is 1. The van der Waals surface area contributed by atoms with E-state index in [1.807, 2.05) is 0 Å². The van der Waals surface area contributed by atoms with Gasteiger partial charge in [-0.25, -0.2) is 0 Å². The lowest BCUT2D eigenvalue weighted by molar-refractivity contribution is -0.787. The zero-order chi connectivity index (χ0) is 19.1. The third kappa shape index (κ3) is 3.80. The summed E-state index contributed by atoms with van der Waals surface area (Å²) < 4.78 is 0. The Morgan fingerprint density at radius 3 is 2.08 bits per heavy atom. The van der Waals surface area contributed by atoms with Gasteiger partial charge in [0.1, 0.15) is 0 Å². The Kier molecular flexibility index (Phi) is 4.65. The molecule has 140 valence electrons. The molecule has 0 aliphatic carbocycles. The van der Waals surface area contributed by atoms with Crippen LogP contribution in [0.1, 0.15) is 67.7 Å². The molecule has 0 atom stereocenters.